The molecule has 1 heterocycles. The zero-order valence-corrected chi connectivity index (χ0v) is 19.9. The van der Waals surface area contributed by atoms with Crippen LogP contribution in [-0.2, 0) is 11.0 Å². The Labute approximate surface area is 190 Å². The van der Waals surface area contributed by atoms with Gasteiger partial charge in [-0.2, -0.15) is 0 Å². The molecule has 0 saturated heterocycles. The second kappa shape index (κ2) is 9.84. The fraction of sp³-hybridized carbons (Fsp3) is 0.500. The summed E-state index contributed by atoms with van der Waals surface area (Å²) in [6.07, 6.45) is 2.23. The Morgan fingerprint density at radius 1 is 1.24 bits per heavy atom. The van der Waals surface area contributed by atoms with Crippen molar-refractivity contribution in [3.05, 3.63) is 53.5 Å². The summed E-state index contributed by atoms with van der Waals surface area (Å²) in [6.45, 7) is 7.32. The van der Waals surface area contributed by atoms with E-state index >= 15 is 0 Å². The van der Waals surface area contributed by atoms with E-state index < -0.39 is 5.60 Å². The molecule has 1 aliphatic carbocycles. The van der Waals surface area contributed by atoms with Gasteiger partial charge in [-0.05, 0) is 51.8 Å². The lowest BCUT2D eigenvalue weighted by molar-refractivity contribution is 0.0428. The van der Waals surface area contributed by atoms with Gasteiger partial charge >= 0.3 is 0 Å². The molecule has 0 spiro atoms. The first-order valence-corrected chi connectivity index (χ1v) is 9.85. The molecule has 1 atom stereocenters. The molecular formula is C22H32IN3O3. The Kier molecular flexibility index (Phi) is 7.99. The van der Waals surface area contributed by atoms with E-state index in [0.29, 0.717) is 11.7 Å². The highest BCUT2D eigenvalue weighted by molar-refractivity contribution is 14.0. The van der Waals surface area contributed by atoms with Gasteiger partial charge in [-0.25, -0.2) is 4.99 Å². The third-order valence-electron chi connectivity index (χ3n) is 5.29. The van der Waals surface area contributed by atoms with E-state index in [0.717, 1.165) is 37.4 Å². The van der Waals surface area contributed by atoms with Gasteiger partial charge in [0.1, 0.15) is 22.9 Å². The summed E-state index contributed by atoms with van der Waals surface area (Å²) < 4.78 is 11.1. The van der Waals surface area contributed by atoms with Crippen LogP contribution in [-0.4, -0.2) is 37.8 Å². The van der Waals surface area contributed by atoms with Gasteiger partial charge in [0, 0.05) is 24.1 Å². The summed E-state index contributed by atoms with van der Waals surface area (Å²) in [5.41, 5.74) is 0.152. The maximum atomic E-state index is 10.7. The zero-order valence-electron chi connectivity index (χ0n) is 17.6. The van der Waals surface area contributed by atoms with Gasteiger partial charge in [-0.3, -0.25) is 0 Å². The van der Waals surface area contributed by atoms with Crippen LogP contribution in [0, 0.1) is 6.92 Å². The molecule has 3 N–H and O–H groups in total. The van der Waals surface area contributed by atoms with Crippen LogP contribution in [0.4, 0.5) is 0 Å². The van der Waals surface area contributed by atoms with Crippen molar-refractivity contribution in [2.24, 2.45) is 4.99 Å². The van der Waals surface area contributed by atoms with E-state index in [-0.39, 0.29) is 35.9 Å². The number of nitrogens with one attached hydrogen (secondary N) is 2. The van der Waals surface area contributed by atoms with Crippen LogP contribution in [0.5, 0.6) is 5.75 Å². The van der Waals surface area contributed by atoms with Crippen molar-refractivity contribution < 1.29 is 14.3 Å². The predicted molar refractivity (Wildman–Crippen MR) is 126 cm³/mol. The fourth-order valence-electron chi connectivity index (χ4n) is 3.40. The summed E-state index contributed by atoms with van der Waals surface area (Å²) in [5.74, 6) is 2.92. The fourth-order valence-corrected chi connectivity index (χ4v) is 3.40. The lowest BCUT2D eigenvalue weighted by atomic mass is 9.95. The third kappa shape index (κ3) is 5.66. The van der Waals surface area contributed by atoms with Crippen molar-refractivity contribution in [1.82, 2.24) is 10.6 Å². The van der Waals surface area contributed by atoms with Crippen molar-refractivity contribution in [1.29, 1.82) is 0 Å². The smallest absolute Gasteiger partial charge is 0.191 e. The van der Waals surface area contributed by atoms with Gasteiger partial charge in [0.2, 0.25) is 0 Å². The SMILES string of the molecule is CCNC(=NCC(C)(O)c1ccc(C)o1)NCC1(c2ccccc2OC)CC1.I. The molecule has 0 bridgehead atoms. The Hall–Kier alpha value is -1.74. The average molecular weight is 513 g/mol. The van der Waals surface area contributed by atoms with Gasteiger partial charge in [0.05, 0.1) is 13.7 Å². The molecular weight excluding hydrogens is 481 g/mol. The maximum absolute atomic E-state index is 10.7. The van der Waals surface area contributed by atoms with Gasteiger partial charge in [-0.15, -0.1) is 24.0 Å². The molecule has 0 amide bonds. The molecule has 2 aromatic rings. The maximum Gasteiger partial charge on any atom is 0.191 e. The number of aliphatic hydroxyl groups is 1. The van der Waals surface area contributed by atoms with E-state index in [1.165, 1.54) is 5.56 Å². The first-order valence-electron chi connectivity index (χ1n) is 9.85. The van der Waals surface area contributed by atoms with Crippen LogP contribution < -0.4 is 15.4 Å². The number of hydrogen-bond donors (Lipinski definition) is 3. The number of aliphatic imine (C=N–C) groups is 1. The summed E-state index contributed by atoms with van der Waals surface area (Å²) in [5, 5.41) is 17.4. The number of furan rings is 1. The van der Waals surface area contributed by atoms with E-state index in [1.807, 2.05) is 32.0 Å². The van der Waals surface area contributed by atoms with Crippen LogP contribution in [0.2, 0.25) is 0 Å². The second-order valence-electron chi connectivity index (χ2n) is 7.71. The molecule has 1 aromatic carbocycles. The Balaban J connectivity index is 0.00000300. The number of nitrogens with zero attached hydrogens (tertiary/aromatic N) is 1. The quantitative estimate of drug-likeness (QED) is 0.285. The first-order chi connectivity index (χ1) is 13.4. The summed E-state index contributed by atoms with van der Waals surface area (Å²) in [7, 11) is 1.71. The lowest BCUT2D eigenvalue weighted by Gasteiger charge is -2.22. The molecule has 160 valence electrons. The number of methoxy groups -OCH3 is 1. The lowest BCUT2D eigenvalue weighted by Crippen LogP contribution is -2.42. The van der Waals surface area contributed by atoms with Crippen LogP contribution in [0.3, 0.4) is 0 Å². The van der Waals surface area contributed by atoms with Crippen LogP contribution in [0.15, 0.2) is 45.8 Å². The Bertz CT molecular complexity index is 828. The summed E-state index contributed by atoms with van der Waals surface area (Å²) in [6, 6.07) is 11.8. The average Bonchev–Trinajstić information content (AvgIpc) is 3.35. The Morgan fingerprint density at radius 2 is 1.97 bits per heavy atom. The molecule has 1 aromatic heterocycles. The molecule has 6 nitrogen and oxygen atoms in total. The van der Waals surface area contributed by atoms with Crippen molar-refractivity contribution in [2.75, 3.05) is 26.7 Å². The van der Waals surface area contributed by atoms with Gasteiger partial charge in [0.25, 0.3) is 0 Å². The molecule has 1 fully saturated rings. The van der Waals surface area contributed by atoms with Gasteiger partial charge < -0.3 is 24.9 Å². The van der Waals surface area contributed by atoms with Crippen molar-refractivity contribution in [3.8, 4) is 5.75 Å². The third-order valence-corrected chi connectivity index (χ3v) is 5.29. The molecule has 0 aliphatic heterocycles. The highest BCUT2D eigenvalue weighted by atomic mass is 127. The van der Waals surface area contributed by atoms with E-state index in [1.54, 1.807) is 20.1 Å². The monoisotopic (exact) mass is 513 g/mol. The van der Waals surface area contributed by atoms with Crippen molar-refractivity contribution in [2.45, 2.75) is 44.6 Å². The number of aryl methyl sites for hydroxylation is 1. The number of benzene rings is 1. The minimum absolute atomic E-state index is 0. The van der Waals surface area contributed by atoms with Gasteiger partial charge in [-0.1, -0.05) is 18.2 Å². The van der Waals surface area contributed by atoms with Crippen LogP contribution in [0.25, 0.3) is 0 Å². The van der Waals surface area contributed by atoms with Gasteiger partial charge in [0.15, 0.2) is 5.96 Å². The Morgan fingerprint density at radius 3 is 2.55 bits per heavy atom. The van der Waals surface area contributed by atoms with Crippen LogP contribution in [0.1, 0.15) is 43.8 Å². The molecule has 3 rings (SSSR count). The first kappa shape index (κ1) is 23.5. The van der Waals surface area contributed by atoms with E-state index in [4.69, 9.17) is 9.15 Å². The number of rotatable bonds is 8. The van der Waals surface area contributed by atoms with Crippen molar-refractivity contribution in [3.63, 3.8) is 0 Å². The largest absolute Gasteiger partial charge is 0.496 e. The number of para-hydroxylation sites is 1. The highest BCUT2D eigenvalue weighted by Gasteiger charge is 2.46. The molecule has 29 heavy (non-hydrogen) atoms. The molecule has 7 heteroatoms. The minimum Gasteiger partial charge on any atom is -0.496 e. The normalized spacial score (nSPS) is 17.1. The summed E-state index contributed by atoms with van der Waals surface area (Å²) >= 11 is 0. The standard InChI is InChI=1S/C22H31N3O3.HI/c1-5-23-20(24-14-21(3,26)19-11-10-16(2)28-19)25-15-22(12-13-22)17-8-6-7-9-18(17)27-4;/h6-11,26H,5,12-15H2,1-4H3,(H2,23,24,25);1H. The highest BCUT2D eigenvalue weighted by Crippen LogP contribution is 2.50. The summed E-state index contributed by atoms with van der Waals surface area (Å²) in [4.78, 5) is 4.59. The second-order valence-corrected chi connectivity index (χ2v) is 7.71. The van der Waals surface area contributed by atoms with E-state index in [9.17, 15) is 5.11 Å². The number of guanidine groups is 1. The molecule has 1 unspecified atom stereocenters. The van der Waals surface area contributed by atoms with Crippen molar-refractivity contribution >= 4 is 29.9 Å². The van der Waals surface area contributed by atoms with Crippen LogP contribution >= 0.6 is 24.0 Å². The zero-order chi connectivity index (χ0) is 20.2. The predicted octanol–water partition coefficient (Wildman–Crippen LogP) is 3.71. The number of halogens is 1. The van der Waals surface area contributed by atoms with E-state index in [2.05, 4.69) is 27.8 Å². The minimum atomic E-state index is -1.16. The topological polar surface area (TPSA) is 79.0 Å². The number of hydrogen-bond acceptors (Lipinski definition) is 4. The molecule has 1 saturated carbocycles. The molecule has 1 aliphatic rings. The molecule has 0 radical (unpaired) electrons. The number of ether oxygens (including phenoxy) is 1.